The fourth-order valence-electron chi connectivity index (χ4n) is 1.61. The van der Waals surface area contributed by atoms with E-state index in [0.717, 1.165) is 24.0 Å². The van der Waals surface area contributed by atoms with Crippen molar-refractivity contribution in [2.24, 2.45) is 5.92 Å². The topological polar surface area (TPSA) is 0 Å². The molecule has 0 amide bonds. The summed E-state index contributed by atoms with van der Waals surface area (Å²) in [7, 11) is 0. The normalized spacial score (nSPS) is 11.4. The van der Waals surface area contributed by atoms with Crippen LogP contribution in [0, 0.1) is 11.7 Å². The third-order valence-corrected chi connectivity index (χ3v) is 2.66. The molecule has 0 unspecified atom stereocenters. The van der Waals surface area contributed by atoms with E-state index in [1.54, 1.807) is 12.1 Å². The standard InChI is InChI=1S/C14H21F/c1-10(2)5-6-12-7-13(11(3)4)9-14(15)8-12/h7-11H,5-6H2,1-4H3. The molecule has 0 bridgehead atoms. The van der Waals surface area contributed by atoms with Crippen LogP contribution in [0.25, 0.3) is 0 Å². The third-order valence-electron chi connectivity index (χ3n) is 2.66. The molecule has 0 fully saturated rings. The Morgan fingerprint density at radius 1 is 1.07 bits per heavy atom. The summed E-state index contributed by atoms with van der Waals surface area (Å²) in [5.41, 5.74) is 2.24. The number of benzene rings is 1. The number of rotatable bonds is 4. The second-order valence-corrected chi connectivity index (χ2v) is 4.98. The molecule has 0 aliphatic heterocycles. The van der Waals surface area contributed by atoms with Gasteiger partial charge >= 0.3 is 0 Å². The molecule has 0 aliphatic rings. The van der Waals surface area contributed by atoms with Crippen molar-refractivity contribution in [3.8, 4) is 0 Å². The van der Waals surface area contributed by atoms with Crippen LogP contribution in [0.1, 0.15) is 51.2 Å². The Labute approximate surface area is 92.5 Å². The molecule has 0 saturated carbocycles. The van der Waals surface area contributed by atoms with E-state index in [1.165, 1.54) is 0 Å². The lowest BCUT2D eigenvalue weighted by molar-refractivity contribution is 0.580. The average Bonchev–Trinajstić information content (AvgIpc) is 2.13. The quantitative estimate of drug-likeness (QED) is 0.681. The maximum Gasteiger partial charge on any atom is 0.123 e. The molecule has 0 heterocycles. The average molecular weight is 208 g/mol. The Bertz CT molecular complexity index is 313. The second-order valence-electron chi connectivity index (χ2n) is 4.98. The van der Waals surface area contributed by atoms with E-state index in [4.69, 9.17) is 0 Å². The van der Waals surface area contributed by atoms with E-state index >= 15 is 0 Å². The predicted molar refractivity (Wildman–Crippen MR) is 63.6 cm³/mol. The van der Waals surface area contributed by atoms with Crippen molar-refractivity contribution in [2.45, 2.75) is 46.5 Å². The van der Waals surface area contributed by atoms with Gasteiger partial charge in [-0.1, -0.05) is 33.8 Å². The lowest BCUT2D eigenvalue weighted by Gasteiger charge is -2.10. The van der Waals surface area contributed by atoms with E-state index < -0.39 is 0 Å². The predicted octanol–water partition coefficient (Wildman–Crippen LogP) is 4.54. The summed E-state index contributed by atoms with van der Waals surface area (Å²) in [6.07, 6.45) is 2.11. The summed E-state index contributed by atoms with van der Waals surface area (Å²) < 4.78 is 13.3. The van der Waals surface area contributed by atoms with Gasteiger partial charge in [0.15, 0.2) is 0 Å². The van der Waals surface area contributed by atoms with E-state index in [2.05, 4.69) is 33.8 Å². The van der Waals surface area contributed by atoms with Crippen LogP contribution in [0.5, 0.6) is 0 Å². The number of halogens is 1. The molecule has 0 spiro atoms. The van der Waals surface area contributed by atoms with Gasteiger partial charge in [-0.15, -0.1) is 0 Å². The Morgan fingerprint density at radius 3 is 2.27 bits per heavy atom. The van der Waals surface area contributed by atoms with E-state index in [1.807, 2.05) is 0 Å². The molecular formula is C14H21F. The zero-order chi connectivity index (χ0) is 11.4. The van der Waals surface area contributed by atoms with E-state index in [9.17, 15) is 4.39 Å². The first kappa shape index (κ1) is 12.2. The molecule has 0 N–H and O–H groups in total. The molecule has 0 aromatic heterocycles. The van der Waals surface area contributed by atoms with Gasteiger partial charge in [-0.25, -0.2) is 4.39 Å². The Kier molecular flexibility index (Phi) is 4.31. The fraction of sp³-hybridized carbons (Fsp3) is 0.571. The SMILES string of the molecule is CC(C)CCc1cc(F)cc(C(C)C)c1. The molecule has 84 valence electrons. The van der Waals surface area contributed by atoms with Gasteiger partial charge in [-0.05, 0) is 47.9 Å². The van der Waals surface area contributed by atoms with Crippen LogP contribution < -0.4 is 0 Å². The van der Waals surface area contributed by atoms with Crippen LogP contribution in [-0.2, 0) is 6.42 Å². The van der Waals surface area contributed by atoms with E-state index in [-0.39, 0.29) is 5.82 Å². The zero-order valence-electron chi connectivity index (χ0n) is 10.2. The smallest absolute Gasteiger partial charge is 0.123 e. The summed E-state index contributed by atoms with van der Waals surface area (Å²) >= 11 is 0. The number of hydrogen-bond donors (Lipinski definition) is 0. The van der Waals surface area contributed by atoms with E-state index in [0.29, 0.717) is 11.8 Å². The van der Waals surface area contributed by atoms with Gasteiger partial charge in [-0.2, -0.15) is 0 Å². The van der Waals surface area contributed by atoms with Crippen molar-refractivity contribution in [3.63, 3.8) is 0 Å². The third kappa shape index (κ3) is 4.03. The molecule has 0 atom stereocenters. The van der Waals surface area contributed by atoms with Crippen molar-refractivity contribution < 1.29 is 4.39 Å². The highest BCUT2D eigenvalue weighted by Crippen LogP contribution is 2.19. The fourth-order valence-corrected chi connectivity index (χ4v) is 1.61. The van der Waals surface area contributed by atoms with Crippen LogP contribution in [0.2, 0.25) is 0 Å². The minimum absolute atomic E-state index is 0.0973. The van der Waals surface area contributed by atoms with Gasteiger partial charge in [-0.3, -0.25) is 0 Å². The Morgan fingerprint density at radius 2 is 1.73 bits per heavy atom. The van der Waals surface area contributed by atoms with Gasteiger partial charge in [0, 0.05) is 0 Å². The summed E-state index contributed by atoms with van der Waals surface area (Å²) in [5.74, 6) is 0.981. The summed E-state index contributed by atoms with van der Waals surface area (Å²) in [4.78, 5) is 0. The molecular weight excluding hydrogens is 187 g/mol. The molecule has 1 heteroatoms. The maximum atomic E-state index is 13.3. The molecule has 0 radical (unpaired) electrons. The van der Waals surface area contributed by atoms with Crippen LogP contribution in [0.4, 0.5) is 4.39 Å². The summed E-state index contributed by atoms with van der Waals surface area (Å²) in [5, 5.41) is 0. The molecule has 0 saturated heterocycles. The maximum absolute atomic E-state index is 13.3. The van der Waals surface area contributed by atoms with Crippen LogP contribution in [0.3, 0.4) is 0 Å². The molecule has 0 nitrogen and oxygen atoms in total. The van der Waals surface area contributed by atoms with Gasteiger partial charge in [0.05, 0.1) is 0 Å². The Balaban J connectivity index is 2.79. The van der Waals surface area contributed by atoms with Crippen molar-refractivity contribution in [2.75, 3.05) is 0 Å². The van der Waals surface area contributed by atoms with Crippen LogP contribution in [-0.4, -0.2) is 0 Å². The molecule has 1 aromatic rings. The first-order valence-corrected chi connectivity index (χ1v) is 5.78. The monoisotopic (exact) mass is 208 g/mol. The highest BCUT2D eigenvalue weighted by atomic mass is 19.1. The van der Waals surface area contributed by atoms with Crippen molar-refractivity contribution in [1.82, 2.24) is 0 Å². The number of hydrogen-bond acceptors (Lipinski definition) is 0. The zero-order valence-corrected chi connectivity index (χ0v) is 10.2. The van der Waals surface area contributed by atoms with Gasteiger partial charge in [0.2, 0.25) is 0 Å². The molecule has 1 rings (SSSR count). The van der Waals surface area contributed by atoms with Crippen molar-refractivity contribution in [1.29, 1.82) is 0 Å². The van der Waals surface area contributed by atoms with Crippen LogP contribution >= 0.6 is 0 Å². The lowest BCUT2D eigenvalue weighted by Crippen LogP contribution is -1.96. The number of aryl methyl sites for hydroxylation is 1. The lowest BCUT2D eigenvalue weighted by atomic mass is 9.97. The van der Waals surface area contributed by atoms with Gasteiger partial charge < -0.3 is 0 Å². The van der Waals surface area contributed by atoms with Crippen molar-refractivity contribution >= 4 is 0 Å². The molecule has 1 aromatic carbocycles. The minimum atomic E-state index is -0.0973. The highest BCUT2D eigenvalue weighted by molar-refractivity contribution is 5.27. The van der Waals surface area contributed by atoms with Gasteiger partial charge in [0.1, 0.15) is 5.82 Å². The van der Waals surface area contributed by atoms with Crippen LogP contribution in [0.15, 0.2) is 18.2 Å². The van der Waals surface area contributed by atoms with Gasteiger partial charge in [0.25, 0.3) is 0 Å². The van der Waals surface area contributed by atoms with Crippen molar-refractivity contribution in [3.05, 3.63) is 35.1 Å². The highest BCUT2D eigenvalue weighted by Gasteiger charge is 2.05. The molecule has 15 heavy (non-hydrogen) atoms. The second kappa shape index (κ2) is 5.29. The summed E-state index contributed by atoms with van der Waals surface area (Å²) in [6, 6.07) is 5.44. The molecule has 0 aliphatic carbocycles. The largest absolute Gasteiger partial charge is 0.207 e. The first-order valence-electron chi connectivity index (χ1n) is 5.78. The first-order chi connectivity index (χ1) is 6.99. The summed E-state index contributed by atoms with van der Waals surface area (Å²) in [6.45, 7) is 8.59. The Hall–Kier alpha value is -0.850. The minimum Gasteiger partial charge on any atom is -0.207 e.